The van der Waals surface area contributed by atoms with Gasteiger partial charge in [-0.3, -0.25) is 0 Å². The standard InChI is InChI=1S/C12H12O2S2/c1-7(2)15-10-8-5-3-4-6-9(8)16-11(10)12(13)14/h3-7H,1-2H3,(H,13,14). The maximum Gasteiger partial charge on any atom is 0.347 e. The molecule has 0 saturated carbocycles. The van der Waals surface area contributed by atoms with Gasteiger partial charge in [-0.15, -0.1) is 23.1 Å². The van der Waals surface area contributed by atoms with Gasteiger partial charge in [0.1, 0.15) is 4.88 Å². The number of fused-ring (bicyclic) bond motifs is 1. The lowest BCUT2D eigenvalue weighted by molar-refractivity contribution is 0.0699. The van der Waals surface area contributed by atoms with Crippen molar-refractivity contribution in [2.45, 2.75) is 24.0 Å². The first-order valence-corrected chi connectivity index (χ1v) is 6.70. The zero-order valence-corrected chi connectivity index (χ0v) is 10.7. The molecular formula is C12H12O2S2. The Labute approximate surface area is 102 Å². The number of hydrogen-bond acceptors (Lipinski definition) is 3. The number of hydrogen-bond donors (Lipinski definition) is 1. The van der Waals surface area contributed by atoms with E-state index in [1.54, 1.807) is 11.8 Å². The third kappa shape index (κ3) is 2.08. The maximum atomic E-state index is 11.2. The van der Waals surface area contributed by atoms with E-state index in [4.69, 9.17) is 0 Å². The highest BCUT2D eigenvalue weighted by atomic mass is 32.2. The van der Waals surface area contributed by atoms with Crippen molar-refractivity contribution in [1.29, 1.82) is 0 Å². The van der Waals surface area contributed by atoms with Crippen LogP contribution in [0.1, 0.15) is 23.5 Å². The molecule has 1 heterocycles. The summed E-state index contributed by atoms with van der Waals surface area (Å²) in [6.07, 6.45) is 0. The van der Waals surface area contributed by atoms with Crippen molar-refractivity contribution in [3.63, 3.8) is 0 Å². The van der Waals surface area contributed by atoms with Gasteiger partial charge in [-0.25, -0.2) is 4.79 Å². The lowest BCUT2D eigenvalue weighted by Gasteiger charge is -2.04. The van der Waals surface area contributed by atoms with Crippen LogP contribution in [0.4, 0.5) is 0 Å². The van der Waals surface area contributed by atoms with Gasteiger partial charge in [0.05, 0.1) is 0 Å². The summed E-state index contributed by atoms with van der Waals surface area (Å²) >= 11 is 2.97. The second-order valence-electron chi connectivity index (χ2n) is 3.73. The largest absolute Gasteiger partial charge is 0.477 e. The van der Waals surface area contributed by atoms with Crippen molar-refractivity contribution in [1.82, 2.24) is 0 Å². The van der Waals surface area contributed by atoms with E-state index >= 15 is 0 Å². The van der Waals surface area contributed by atoms with E-state index in [2.05, 4.69) is 13.8 Å². The van der Waals surface area contributed by atoms with Crippen molar-refractivity contribution in [3.05, 3.63) is 29.1 Å². The van der Waals surface area contributed by atoms with E-state index in [0.717, 1.165) is 15.0 Å². The van der Waals surface area contributed by atoms with Crippen LogP contribution in [0.2, 0.25) is 0 Å². The molecule has 2 aromatic rings. The second-order valence-corrected chi connectivity index (χ2v) is 6.37. The summed E-state index contributed by atoms with van der Waals surface area (Å²) in [6.45, 7) is 4.14. The third-order valence-corrected chi connectivity index (χ3v) is 4.52. The van der Waals surface area contributed by atoms with Crippen LogP contribution in [0.15, 0.2) is 29.2 Å². The molecule has 0 bridgehead atoms. The van der Waals surface area contributed by atoms with E-state index in [1.807, 2.05) is 24.3 Å². The Balaban J connectivity index is 2.64. The van der Waals surface area contributed by atoms with Gasteiger partial charge < -0.3 is 5.11 Å². The normalized spacial score (nSPS) is 11.2. The van der Waals surface area contributed by atoms with Crippen molar-refractivity contribution in [2.75, 3.05) is 0 Å². The van der Waals surface area contributed by atoms with Gasteiger partial charge in [0.15, 0.2) is 0 Å². The number of carboxylic acids is 1. The number of rotatable bonds is 3. The van der Waals surface area contributed by atoms with Gasteiger partial charge in [-0.05, 0) is 6.07 Å². The molecule has 84 valence electrons. The molecule has 4 heteroatoms. The Kier molecular flexibility index (Phi) is 3.21. The molecule has 0 aliphatic rings. The van der Waals surface area contributed by atoms with E-state index in [1.165, 1.54) is 11.3 Å². The summed E-state index contributed by atoms with van der Waals surface area (Å²) in [7, 11) is 0. The van der Waals surface area contributed by atoms with Crippen LogP contribution in [-0.2, 0) is 0 Å². The number of carbonyl (C=O) groups is 1. The first kappa shape index (κ1) is 11.5. The predicted octanol–water partition coefficient (Wildman–Crippen LogP) is 4.10. The van der Waals surface area contributed by atoms with Crippen molar-refractivity contribution >= 4 is 39.2 Å². The first-order valence-electron chi connectivity index (χ1n) is 5.01. The zero-order chi connectivity index (χ0) is 11.7. The molecule has 1 aromatic carbocycles. The number of benzene rings is 1. The highest BCUT2D eigenvalue weighted by molar-refractivity contribution is 8.00. The molecule has 2 rings (SSSR count). The Hall–Kier alpha value is -1.00. The van der Waals surface area contributed by atoms with E-state index in [0.29, 0.717) is 10.1 Å². The molecule has 0 radical (unpaired) electrons. The van der Waals surface area contributed by atoms with Crippen molar-refractivity contribution < 1.29 is 9.90 Å². The van der Waals surface area contributed by atoms with Gasteiger partial charge in [-0.1, -0.05) is 32.0 Å². The molecule has 0 spiro atoms. The summed E-state index contributed by atoms with van der Waals surface area (Å²) < 4.78 is 1.04. The van der Waals surface area contributed by atoms with Crippen LogP contribution in [0, 0.1) is 0 Å². The van der Waals surface area contributed by atoms with Gasteiger partial charge in [0.2, 0.25) is 0 Å². The van der Waals surface area contributed by atoms with Gasteiger partial charge in [0.25, 0.3) is 0 Å². The molecule has 0 unspecified atom stereocenters. The fourth-order valence-electron chi connectivity index (χ4n) is 1.52. The molecule has 0 amide bonds. The average molecular weight is 252 g/mol. The Morgan fingerprint density at radius 1 is 1.38 bits per heavy atom. The number of carboxylic acid groups (broad SMARTS) is 1. The van der Waals surface area contributed by atoms with Gasteiger partial charge >= 0.3 is 5.97 Å². The maximum absolute atomic E-state index is 11.2. The quantitative estimate of drug-likeness (QED) is 0.836. The molecule has 0 atom stereocenters. The molecule has 2 nitrogen and oxygen atoms in total. The fraction of sp³-hybridized carbons (Fsp3) is 0.250. The second kappa shape index (κ2) is 4.47. The molecule has 0 fully saturated rings. The van der Waals surface area contributed by atoms with Crippen LogP contribution in [-0.4, -0.2) is 16.3 Å². The SMILES string of the molecule is CC(C)Sc1c(C(=O)O)sc2ccccc12. The van der Waals surface area contributed by atoms with Crippen molar-refractivity contribution in [3.8, 4) is 0 Å². The molecular weight excluding hydrogens is 240 g/mol. The van der Waals surface area contributed by atoms with Crippen molar-refractivity contribution in [2.24, 2.45) is 0 Å². The van der Waals surface area contributed by atoms with Crippen LogP contribution < -0.4 is 0 Å². The van der Waals surface area contributed by atoms with E-state index < -0.39 is 5.97 Å². The minimum absolute atomic E-state index is 0.385. The summed E-state index contributed by atoms with van der Waals surface area (Å²) in [4.78, 5) is 12.5. The Bertz CT molecular complexity index is 529. The average Bonchev–Trinajstić information content (AvgIpc) is 2.57. The van der Waals surface area contributed by atoms with Crippen LogP contribution in [0.5, 0.6) is 0 Å². The Morgan fingerprint density at radius 2 is 2.06 bits per heavy atom. The monoisotopic (exact) mass is 252 g/mol. The number of aromatic carboxylic acids is 1. The van der Waals surface area contributed by atoms with Crippen LogP contribution in [0.25, 0.3) is 10.1 Å². The van der Waals surface area contributed by atoms with Gasteiger partial charge in [-0.2, -0.15) is 0 Å². The topological polar surface area (TPSA) is 37.3 Å². The number of thioether (sulfide) groups is 1. The first-order chi connectivity index (χ1) is 7.59. The minimum Gasteiger partial charge on any atom is -0.477 e. The van der Waals surface area contributed by atoms with Crippen LogP contribution >= 0.6 is 23.1 Å². The minimum atomic E-state index is -0.829. The van der Waals surface area contributed by atoms with E-state index in [-0.39, 0.29) is 0 Å². The fourth-order valence-corrected chi connectivity index (χ4v) is 3.76. The van der Waals surface area contributed by atoms with Gasteiger partial charge in [0, 0.05) is 20.2 Å². The highest BCUT2D eigenvalue weighted by Crippen LogP contribution is 2.39. The molecule has 0 saturated heterocycles. The summed E-state index contributed by atoms with van der Waals surface area (Å²) in [5.41, 5.74) is 0. The lowest BCUT2D eigenvalue weighted by Crippen LogP contribution is -1.95. The van der Waals surface area contributed by atoms with Crippen LogP contribution in [0.3, 0.4) is 0 Å². The summed E-state index contributed by atoms with van der Waals surface area (Å²) in [6, 6.07) is 7.85. The lowest BCUT2D eigenvalue weighted by atomic mass is 10.2. The summed E-state index contributed by atoms with van der Waals surface area (Å²) in [5, 5.41) is 10.6. The molecule has 0 aliphatic carbocycles. The van der Waals surface area contributed by atoms with E-state index in [9.17, 15) is 9.90 Å². The Morgan fingerprint density at radius 3 is 2.69 bits per heavy atom. The molecule has 0 aliphatic heterocycles. The molecule has 16 heavy (non-hydrogen) atoms. The predicted molar refractivity (Wildman–Crippen MR) is 69.8 cm³/mol. The zero-order valence-electron chi connectivity index (χ0n) is 9.06. The third-order valence-electron chi connectivity index (χ3n) is 2.10. The molecule has 1 N–H and O–H groups in total. The number of thiophene rings is 1. The highest BCUT2D eigenvalue weighted by Gasteiger charge is 2.18. The smallest absolute Gasteiger partial charge is 0.347 e. The summed E-state index contributed by atoms with van der Waals surface area (Å²) in [5.74, 6) is -0.829. The molecule has 1 aromatic heterocycles.